The lowest BCUT2D eigenvalue weighted by Crippen LogP contribution is -2.24. The number of hydrogen-bond donors (Lipinski definition) is 0. The van der Waals surface area contributed by atoms with Crippen molar-refractivity contribution >= 4 is 32.7 Å². The lowest BCUT2D eigenvalue weighted by molar-refractivity contribution is -0.142. The first-order chi connectivity index (χ1) is 17.4. The Morgan fingerprint density at radius 3 is 1.95 bits per heavy atom. The summed E-state index contributed by atoms with van der Waals surface area (Å²) in [5, 5.41) is 1.28. The van der Waals surface area contributed by atoms with Crippen molar-refractivity contribution in [1.82, 2.24) is 3.97 Å². The van der Waals surface area contributed by atoms with Crippen molar-refractivity contribution in [3.8, 4) is 11.3 Å². The Morgan fingerprint density at radius 1 is 0.811 bits per heavy atom. The quantitative estimate of drug-likeness (QED) is 0.318. The molecule has 0 aliphatic carbocycles. The van der Waals surface area contributed by atoms with Gasteiger partial charge in [-0.05, 0) is 35.9 Å². The van der Waals surface area contributed by atoms with Crippen LogP contribution in [0.1, 0.15) is 32.0 Å². The summed E-state index contributed by atoms with van der Waals surface area (Å²) in [4.78, 5) is 25.1. The van der Waals surface area contributed by atoms with E-state index in [4.69, 9.17) is 4.74 Å². The summed E-state index contributed by atoms with van der Waals surface area (Å²) in [6.07, 6.45) is -5.39. The fraction of sp³-hybridized carbons (Fsp3) is 0.154. The molecule has 0 atom stereocenters. The van der Waals surface area contributed by atoms with Gasteiger partial charge in [0.25, 0.3) is 10.0 Å². The molecule has 0 saturated heterocycles. The van der Waals surface area contributed by atoms with Gasteiger partial charge < -0.3 is 9.47 Å². The minimum atomic E-state index is -5.39. The predicted octanol–water partition coefficient (Wildman–Crippen LogP) is 5.45. The molecule has 0 aliphatic rings. The highest BCUT2D eigenvalue weighted by atomic mass is 32.2. The number of nitrogens with zero attached hydrogens (tertiary/aromatic N) is 1. The molecular weight excluding hydrogens is 511 g/mol. The van der Waals surface area contributed by atoms with E-state index in [-0.39, 0.29) is 9.54 Å². The van der Waals surface area contributed by atoms with Gasteiger partial charge in [0.1, 0.15) is 11.1 Å². The van der Waals surface area contributed by atoms with E-state index in [9.17, 15) is 31.2 Å². The zero-order valence-corrected chi connectivity index (χ0v) is 20.6. The summed E-state index contributed by atoms with van der Waals surface area (Å²) in [6.45, 7) is 1.68. The molecule has 0 amide bonds. The maximum absolute atomic E-state index is 14.6. The summed E-state index contributed by atoms with van der Waals surface area (Å²) in [5.74, 6) is -2.89. The minimum absolute atomic E-state index is 0.0136. The molecule has 37 heavy (non-hydrogen) atoms. The average molecular weight is 532 g/mol. The molecule has 3 aromatic carbocycles. The largest absolute Gasteiger partial charge is 0.465 e. The second-order valence-corrected chi connectivity index (χ2v) is 9.86. The Bertz CT molecular complexity index is 1640. The molecule has 0 radical (unpaired) electrons. The third kappa shape index (κ3) is 4.46. The maximum Gasteiger partial charge on any atom is 0.433 e. The zero-order chi connectivity index (χ0) is 27.1. The van der Waals surface area contributed by atoms with E-state index in [0.717, 1.165) is 31.7 Å². The van der Waals surface area contributed by atoms with Crippen molar-refractivity contribution in [1.29, 1.82) is 0 Å². The highest BCUT2D eigenvalue weighted by Gasteiger charge is 2.48. The van der Waals surface area contributed by atoms with Crippen molar-refractivity contribution in [2.45, 2.75) is 18.0 Å². The third-order valence-electron chi connectivity index (χ3n) is 5.76. The molecule has 0 saturated carbocycles. The number of hydrogen-bond acceptors (Lipinski definition) is 6. The first-order valence-electron chi connectivity index (χ1n) is 10.8. The monoisotopic (exact) mass is 531 g/mol. The van der Waals surface area contributed by atoms with Crippen molar-refractivity contribution in [3.63, 3.8) is 0 Å². The van der Waals surface area contributed by atoms with Crippen LogP contribution in [-0.2, 0) is 25.7 Å². The molecule has 7 nitrogen and oxygen atoms in total. The summed E-state index contributed by atoms with van der Waals surface area (Å²) in [7, 11) is -3.27. The molecule has 4 rings (SSSR count). The standard InChI is InChI=1S/C26H20F3NO6S/c1-15-8-12-19(13-9-15)37(33,34)30-22(18-11-10-16-6-4-5-7-17(16)14-18)20(24(31)35-2)21(25(32)36-3)23(30)26(27,28)29/h4-14H,1-3H3. The highest BCUT2D eigenvalue weighted by Crippen LogP contribution is 2.44. The first kappa shape index (κ1) is 26.0. The van der Waals surface area contributed by atoms with Crippen LogP contribution in [0.3, 0.4) is 0 Å². The lowest BCUT2D eigenvalue weighted by Gasteiger charge is -2.17. The number of alkyl halides is 3. The van der Waals surface area contributed by atoms with Gasteiger partial charge in [-0.2, -0.15) is 13.2 Å². The molecule has 0 bridgehead atoms. The van der Waals surface area contributed by atoms with E-state index in [1.54, 1.807) is 37.3 Å². The summed E-state index contributed by atoms with van der Waals surface area (Å²) in [5.41, 5.74) is -4.08. The number of rotatable bonds is 5. The number of halogens is 3. The number of esters is 2. The van der Waals surface area contributed by atoms with E-state index < -0.39 is 55.5 Å². The lowest BCUT2D eigenvalue weighted by atomic mass is 10.0. The van der Waals surface area contributed by atoms with Crippen LogP contribution < -0.4 is 0 Å². The Kier molecular flexibility index (Phi) is 6.59. The highest BCUT2D eigenvalue weighted by molar-refractivity contribution is 7.90. The van der Waals surface area contributed by atoms with Crippen LogP contribution >= 0.6 is 0 Å². The fourth-order valence-electron chi connectivity index (χ4n) is 4.06. The van der Waals surface area contributed by atoms with E-state index in [1.165, 1.54) is 24.3 Å². The van der Waals surface area contributed by atoms with Gasteiger partial charge in [0.15, 0.2) is 5.69 Å². The summed E-state index contributed by atoms with van der Waals surface area (Å²) >= 11 is 0. The molecule has 4 aromatic rings. The van der Waals surface area contributed by atoms with Crippen molar-refractivity contribution in [2.24, 2.45) is 0 Å². The second kappa shape index (κ2) is 9.40. The zero-order valence-electron chi connectivity index (χ0n) is 19.8. The van der Waals surface area contributed by atoms with Crippen molar-refractivity contribution < 1.29 is 40.7 Å². The molecule has 0 N–H and O–H groups in total. The van der Waals surface area contributed by atoms with Gasteiger partial charge in [0.05, 0.1) is 24.8 Å². The van der Waals surface area contributed by atoms with E-state index >= 15 is 0 Å². The number of fused-ring (bicyclic) bond motifs is 1. The SMILES string of the molecule is COC(=O)c1c(C(=O)OC)c(C(F)(F)F)n(S(=O)(=O)c2ccc(C)cc2)c1-c1ccc2ccccc2c1. The minimum Gasteiger partial charge on any atom is -0.465 e. The van der Waals surface area contributed by atoms with Crippen LogP contribution in [0.25, 0.3) is 22.0 Å². The van der Waals surface area contributed by atoms with Crippen LogP contribution in [0.2, 0.25) is 0 Å². The van der Waals surface area contributed by atoms with Gasteiger partial charge in [-0.3, -0.25) is 0 Å². The molecule has 1 heterocycles. The average Bonchev–Trinajstić information content (AvgIpc) is 3.25. The number of carbonyl (C=O) groups excluding carboxylic acids is 2. The van der Waals surface area contributed by atoms with Crippen molar-refractivity contribution in [3.05, 3.63) is 89.1 Å². The van der Waals surface area contributed by atoms with Crippen LogP contribution in [0.4, 0.5) is 13.2 Å². The first-order valence-corrected chi connectivity index (χ1v) is 12.2. The Labute approximate surface area is 210 Å². The number of aromatic nitrogens is 1. The van der Waals surface area contributed by atoms with Gasteiger partial charge >= 0.3 is 18.1 Å². The Hall–Kier alpha value is -4.12. The summed E-state index contributed by atoms with van der Waals surface area (Å²) in [6, 6.07) is 16.4. The van der Waals surface area contributed by atoms with Crippen LogP contribution in [-0.4, -0.2) is 38.5 Å². The number of carbonyl (C=O) groups is 2. The number of benzene rings is 3. The Morgan fingerprint density at radius 2 is 1.38 bits per heavy atom. The van der Waals surface area contributed by atoms with Crippen LogP contribution in [0.15, 0.2) is 71.6 Å². The molecular formula is C26H20F3NO6S. The molecule has 192 valence electrons. The topological polar surface area (TPSA) is 91.7 Å². The third-order valence-corrected chi connectivity index (χ3v) is 7.47. The van der Waals surface area contributed by atoms with Gasteiger partial charge in [0.2, 0.25) is 0 Å². The molecule has 0 aliphatic heterocycles. The molecule has 1 aromatic heterocycles. The smallest absolute Gasteiger partial charge is 0.433 e. The maximum atomic E-state index is 14.6. The number of ether oxygens (including phenoxy) is 2. The predicted molar refractivity (Wildman–Crippen MR) is 129 cm³/mol. The molecule has 0 unspecified atom stereocenters. The number of methoxy groups -OCH3 is 2. The van der Waals surface area contributed by atoms with Gasteiger partial charge in [0, 0.05) is 5.56 Å². The molecule has 11 heteroatoms. The van der Waals surface area contributed by atoms with Gasteiger partial charge in [-0.1, -0.05) is 54.1 Å². The van der Waals surface area contributed by atoms with E-state index in [0.29, 0.717) is 10.9 Å². The van der Waals surface area contributed by atoms with Gasteiger partial charge in [-0.15, -0.1) is 0 Å². The van der Waals surface area contributed by atoms with Crippen LogP contribution in [0, 0.1) is 6.92 Å². The van der Waals surface area contributed by atoms with Crippen molar-refractivity contribution in [2.75, 3.05) is 14.2 Å². The van der Waals surface area contributed by atoms with E-state index in [2.05, 4.69) is 4.74 Å². The Balaban J connectivity index is 2.26. The van der Waals surface area contributed by atoms with Gasteiger partial charge in [-0.25, -0.2) is 22.0 Å². The fourth-order valence-corrected chi connectivity index (χ4v) is 5.63. The normalized spacial score (nSPS) is 11.9. The van der Waals surface area contributed by atoms with Crippen LogP contribution in [0.5, 0.6) is 0 Å². The molecule has 0 spiro atoms. The van der Waals surface area contributed by atoms with E-state index in [1.807, 2.05) is 0 Å². The summed E-state index contributed by atoms with van der Waals surface area (Å²) < 4.78 is 80.7. The second-order valence-electron chi connectivity index (χ2n) is 8.07. The molecule has 0 fully saturated rings. The number of aryl methyl sites for hydroxylation is 1.